The summed E-state index contributed by atoms with van der Waals surface area (Å²) >= 11 is 0. The fourth-order valence-corrected chi connectivity index (χ4v) is 1.78. The summed E-state index contributed by atoms with van der Waals surface area (Å²) in [4.78, 5) is 0. The Morgan fingerprint density at radius 3 is 2.40 bits per heavy atom. The van der Waals surface area contributed by atoms with Gasteiger partial charge in [-0.2, -0.15) is 0 Å². The molecule has 1 rings (SSSR count). The molecule has 0 aromatic heterocycles. The first-order valence-electron chi connectivity index (χ1n) is 3.99. The minimum Gasteiger partial charge on any atom is -0.396 e. The van der Waals surface area contributed by atoms with Crippen molar-refractivity contribution in [2.45, 2.75) is 37.7 Å². The van der Waals surface area contributed by atoms with Crippen LogP contribution in [0.2, 0.25) is 0 Å². The van der Waals surface area contributed by atoms with Crippen LogP contribution in [0.4, 0.5) is 0 Å². The zero-order valence-electron chi connectivity index (χ0n) is 6.60. The first-order chi connectivity index (χ1) is 4.83. The van der Waals surface area contributed by atoms with Gasteiger partial charge in [0.2, 0.25) is 0 Å². The summed E-state index contributed by atoms with van der Waals surface area (Å²) in [6, 6.07) is 0. The highest BCUT2D eigenvalue weighted by Gasteiger charge is 2.32. The van der Waals surface area contributed by atoms with E-state index in [1.807, 2.05) is 0 Å². The van der Waals surface area contributed by atoms with Crippen LogP contribution in [0.5, 0.6) is 0 Å². The predicted octanol–water partition coefficient (Wildman–Crippen LogP) is 1.33. The first-order valence-corrected chi connectivity index (χ1v) is 3.99. The zero-order valence-corrected chi connectivity index (χ0v) is 6.60. The lowest BCUT2D eigenvalue weighted by atomic mass is 9.98. The Morgan fingerprint density at radius 2 is 2.00 bits per heavy atom. The molecule has 0 spiro atoms. The molecule has 0 radical (unpaired) electrons. The summed E-state index contributed by atoms with van der Waals surface area (Å²) in [5.74, 6) is 0. The lowest BCUT2D eigenvalue weighted by Crippen LogP contribution is -2.28. The second-order valence-electron chi connectivity index (χ2n) is 3.07. The van der Waals surface area contributed by atoms with E-state index < -0.39 is 0 Å². The van der Waals surface area contributed by atoms with Crippen LogP contribution in [-0.2, 0) is 4.74 Å². The minimum atomic E-state index is 0.0365. The molecular formula is C8H16O2. The van der Waals surface area contributed by atoms with Crippen molar-refractivity contribution in [3.8, 4) is 0 Å². The van der Waals surface area contributed by atoms with Gasteiger partial charge in [-0.05, 0) is 19.3 Å². The molecule has 1 aliphatic carbocycles. The van der Waals surface area contributed by atoms with Gasteiger partial charge >= 0.3 is 0 Å². The van der Waals surface area contributed by atoms with Gasteiger partial charge < -0.3 is 9.84 Å². The number of hydrogen-bond donors (Lipinski definition) is 1. The highest BCUT2D eigenvalue weighted by Crippen LogP contribution is 2.34. The molecule has 0 aromatic carbocycles. The van der Waals surface area contributed by atoms with Crippen LogP contribution in [0.15, 0.2) is 0 Å². The molecule has 60 valence electrons. The van der Waals surface area contributed by atoms with E-state index in [4.69, 9.17) is 9.84 Å². The molecular weight excluding hydrogens is 128 g/mol. The van der Waals surface area contributed by atoms with Crippen molar-refractivity contribution in [3.05, 3.63) is 0 Å². The molecule has 0 amide bonds. The third-order valence-electron chi connectivity index (χ3n) is 2.52. The van der Waals surface area contributed by atoms with E-state index in [1.54, 1.807) is 7.11 Å². The number of ether oxygens (including phenoxy) is 1. The van der Waals surface area contributed by atoms with E-state index in [0.29, 0.717) is 0 Å². The molecule has 10 heavy (non-hydrogen) atoms. The zero-order chi connectivity index (χ0) is 7.45. The summed E-state index contributed by atoms with van der Waals surface area (Å²) in [6.45, 7) is 0.258. The molecule has 0 heterocycles. The minimum absolute atomic E-state index is 0.0365. The van der Waals surface area contributed by atoms with Gasteiger partial charge in [-0.3, -0.25) is 0 Å². The Morgan fingerprint density at radius 1 is 1.40 bits per heavy atom. The average Bonchev–Trinajstić information content (AvgIpc) is 2.39. The molecule has 1 aliphatic rings. The Kier molecular flexibility index (Phi) is 2.69. The van der Waals surface area contributed by atoms with Crippen LogP contribution < -0.4 is 0 Å². The summed E-state index contributed by atoms with van der Waals surface area (Å²) < 4.78 is 5.38. The van der Waals surface area contributed by atoms with Crippen molar-refractivity contribution in [2.75, 3.05) is 13.7 Å². The number of aliphatic hydroxyl groups is 1. The third-order valence-corrected chi connectivity index (χ3v) is 2.52. The van der Waals surface area contributed by atoms with E-state index >= 15 is 0 Å². The van der Waals surface area contributed by atoms with Crippen molar-refractivity contribution >= 4 is 0 Å². The standard InChI is InChI=1S/C8H16O2/c1-10-8(6-7-9)4-2-3-5-8/h9H,2-7H2,1H3. The van der Waals surface area contributed by atoms with Crippen LogP contribution in [0, 0.1) is 0 Å². The molecule has 1 N–H and O–H groups in total. The Bertz CT molecular complexity index is 95.4. The van der Waals surface area contributed by atoms with Gasteiger partial charge in [0.05, 0.1) is 5.60 Å². The molecule has 0 aromatic rings. The van der Waals surface area contributed by atoms with Crippen LogP contribution in [0.1, 0.15) is 32.1 Å². The maximum atomic E-state index is 8.74. The van der Waals surface area contributed by atoms with Crippen LogP contribution in [0.25, 0.3) is 0 Å². The van der Waals surface area contributed by atoms with E-state index in [0.717, 1.165) is 19.3 Å². The maximum absolute atomic E-state index is 8.74. The normalized spacial score (nSPS) is 23.4. The summed E-state index contributed by atoms with van der Waals surface area (Å²) in [6.07, 6.45) is 5.58. The molecule has 2 heteroatoms. The molecule has 1 saturated carbocycles. The van der Waals surface area contributed by atoms with E-state index in [1.165, 1.54) is 12.8 Å². The largest absolute Gasteiger partial charge is 0.396 e. The monoisotopic (exact) mass is 144 g/mol. The topological polar surface area (TPSA) is 29.5 Å². The van der Waals surface area contributed by atoms with E-state index in [9.17, 15) is 0 Å². The van der Waals surface area contributed by atoms with Crippen LogP contribution in [-0.4, -0.2) is 24.4 Å². The summed E-state index contributed by atoms with van der Waals surface area (Å²) in [5.41, 5.74) is 0.0365. The Hall–Kier alpha value is -0.0800. The molecule has 2 nitrogen and oxygen atoms in total. The molecule has 0 aliphatic heterocycles. The van der Waals surface area contributed by atoms with Gasteiger partial charge in [-0.1, -0.05) is 12.8 Å². The molecule has 0 atom stereocenters. The quantitative estimate of drug-likeness (QED) is 0.647. The number of rotatable bonds is 3. The SMILES string of the molecule is COC1(CCO)CCCC1. The lowest BCUT2D eigenvalue weighted by Gasteiger charge is -2.26. The van der Waals surface area contributed by atoms with Crippen molar-refractivity contribution in [1.82, 2.24) is 0 Å². The smallest absolute Gasteiger partial charge is 0.0700 e. The van der Waals surface area contributed by atoms with Crippen LogP contribution >= 0.6 is 0 Å². The van der Waals surface area contributed by atoms with Crippen LogP contribution in [0.3, 0.4) is 0 Å². The van der Waals surface area contributed by atoms with Crippen molar-refractivity contribution in [1.29, 1.82) is 0 Å². The predicted molar refractivity (Wildman–Crippen MR) is 39.9 cm³/mol. The van der Waals surface area contributed by atoms with Gasteiger partial charge in [0.1, 0.15) is 0 Å². The van der Waals surface area contributed by atoms with Gasteiger partial charge in [-0.15, -0.1) is 0 Å². The number of methoxy groups -OCH3 is 1. The summed E-state index contributed by atoms with van der Waals surface area (Å²) in [7, 11) is 1.75. The van der Waals surface area contributed by atoms with Crippen molar-refractivity contribution in [2.24, 2.45) is 0 Å². The lowest BCUT2D eigenvalue weighted by molar-refractivity contribution is -0.0223. The molecule has 0 unspecified atom stereocenters. The van der Waals surface area contributed by atoms with Crippen molar-refractivity contribution < 1.29 is 9.84 Å². The van der Waals surface area contributed by atoms with E-state index in [-0.39, 0.29) is 12.2 Å². The van der Waals surface area contributed by atoms with Gasteiger partial charge in [-0.25, -0.2) is 0 Å². The Labute approximate surface area is 62.2 Å². The average molecular weight is 144 g/mol. The van der Waals surface area contributed by atoms with Gasteiger partial charge in [0.25, 0.3) is 0 Å². The summed E-state index contributed by atoms with van der Waals surface area (Å²) in [5, 5.41) is 8.74. The second kappa shape index (κ2) is 3.35. The fourth-order valence-electron chi connectivity index (χ4n) is 1.78. The second-order valence-corrected chi connectivity index (χ2v) is 3.07. The highest BCUT2D eigenvalue weighted by atomic mass is 16.5. The number of aliphatic hydroxyl groups excluding tert-OH is 1. The molecule has 1 fully saturated rings. The third kappa shape index (κ3) is 1.50. The first kappa shape index (κ1) is 8.02. The highest BCUT2D eigenvalue weighted by molar-refractivity contribution is 4.85. The Balaban J connectivity index is 2.41. The fraction of sp³-hybridized carbons (Fsp3) is 1.00. The van der Waals surface area contributed by atoms with E-state index in [2.05, 4.69) is 0 Å². The maximum Gasteiger partial charge on any atom is 0.0700 e. The van der Waals surface area contributed by atoms with Crippen molar-refractivity contribution in [3.63, 3.8) is 0 Å². The molecule has 0 saturated heterocycles. The molecule has 0 bridgehead atoms. The number of hydrogen-bond acceptors (Lipinski definition) is 2. The van der Waals surface area contributed by atoms with Gasteiger partial charge in [0, 0.05) is 13.7 Å². The van der Waals surface area contributed by atoms with Gasteiger partial charge in [0.15, 0.2) is 0 Å².